The minimum atomic E-state index is -0.0892. The van der Waals surface area contributed by atoms with Gasteiger partial charge in [-0.1, -0.05) is 25.1 Å². The molecule has 0 aliphatic carbocycles. The van der Waals surface area contributed by atoms with Crippen LogP contribution in [0.4, 0.5) is 0 Å². The normalized spacial score (nSPS) is 20.1. The van der Waals surface area contributed by atoms with Crippen LogP contribution in [0.1, 0.15) is 72.9 Å². The summed E-state index contributed by atoms with van der Waals surface area (Å²) in [6.07, 6.45) is 3.97. The molecule has 0 N–H and O–H groups in total. The van der Waals surface area contributed by atoms with Gasteiger partial charge in [-0.3, -0.25) is 4.79 Å². The lowest BCUT2D eigenvalue weighted by Crippen LogP contribution is -2.38. The van der Waals surface area contributed by atoms with E-state index in [1.807, 2.05) is 22.4 Å². The fraction of sp³-hybridized carbons (Fsp3) is 0.562. The van der Waals surface area contributed by atoms with Crippen LogP contribution in [0.3, 0.4) is 0 Å². The van der Waals surface area contributed by atoms with Crippen molar-refractivity contribution in [1.29, 1.82) is 0 Å². The van der Waals surface area contributed by atoms with Crippen molar-refractivity contribution in [1.82, 2.24) is 15.0 Å². The summed E-state index contributed by atoms with van der Waals surface area (Å²) in [5, 5.41) is 6.03. The predicted molar refractivity (Wildman–Crippen MR) is 85.0 cm³/mol. The fourth-order valence-corrected chi connectivity index (χ4v) is 3.42. The zero-order valence-electron chi connectivity index (χ0n) is 13.0. The molecular formula is C16H21N3O2S. The Morgan fingerprint density at radius 3 is 3.14 bits per heavy atom. The Morgan fingerprint density at radius 1 is 1.55 bits per heavy atom. The molecule has 5 nitrogen and oxygen atoms in total. The third-order valence-electron chi connectivity index (χ3n) is 4.29. The van der Waals surface area contributed by atoms with Crippen LogP contribution in [0, 0.1) is 0 Å². The molecular weight excluding hydrogens is 298 g/mol. The Kier molecular flexibility index (Phi) is 4.57. The smallest absolute Gasteiger partial charge is 0.264 e. The molecule has 118 valence electrons. The summed E-state index contributed by atoms with van der Waals surface area (Å²) in [6, 6.07) is 3.69. The highest BCUT2D eigenvalue weighted by Gasteiger charge is 2.33. The minimum Gasteiger partial charge on any atom is -0.337 e. The van der Waals surface area contributed by atoms with E-state index < -0.39 is 0 Å². The van der Waals surface area contributed by atoms with Gasteiger partial charge in [0.15, 0.2) is 5.82 Å². The Balaban J connectivity index is 1.83. The monoisotopic (exact) mass is 319 g/mol. The number of hydrogen-bond donors (Lipinski definition) is 0. The average molecular weight is 319 g/mol. The van der Waals surface area contributed by atoms with Crippen LogP contribution >= 0.6 is 11.3 Å². The molecule has 3 heterocycles. The van der Waals surface area contributed by atoms with E-state index in [0.29, 0.717) is 5.89 Å². The molecule has 1 amide bonds. The third-order valence-corrected chi connectivity index (χ3v) is 5.15. The molecule has 2 aromatic heterocycles. The van der Waals surface area contributed by atoms with Crippen molar-refractivity contribution < 1.29 is 9.32 Å². The summed E-state index contributed by atoms with van der Waals surface area (Å²) >= 11 is 1.48. The van der Waals surface area contributed by atoms with Crippen LogP contribution in [0.15, 0.2) is 22.0 Å². The van der Waals surface area contributed by atoms with Gasteiger partial charge in [-0.05, 0) is 37.1 Å². The topological polar surface area (TPSA) is 59.2 Å². The highest BCUT2D eigenvalue weighted by Crippen LogP contribution is 2.32. The van der Waals surface area contributed by atoms with E-state index in [1.165, 1.54) is 11.3 Å². The second kappa shape index (κ2) is 6.60. The highest BCUT2D eigenvalue weighted by atomic mass is 32.1. The van der Waals surface area contributed by atoms with E-state index in [4.69, 9.17) is 4.52 Å². The molecule has 3 rings (SSSR count). The van der Waals surface area contributed by atoms with Gasteiger partial charge in [0.25, 0.3) is 5.91 Å². The van der Waals surface area contributed by atoms with E-state index >= 15 is 0 Å². The zero-order valence-corrected chi connectivity index (χ0v) is 13.8. The van der Waals surface area contributed by atoms with E-state index in [2.05, 4.69) is 24.0 Å². The third kappa shape index (κ3) is 2.92. The number of carbonyl (C=O) groups excluding carboxylic acids is 1. The van der Waals surface area contributed by atoms with E-state index in [1.54, 1.807) is 0 Å². The number of aromatic nitrogens is 2. The molecule has 1 aliphatic rings. The first-order valence-electron chi connectivity index (χ1n) is 7.88. The summed E-state index contributed by atoms with van der Waals surface area (Å²) in [6.45, 7) is 4.94. The van der Waals surface area contributed by atoms with Crippen LogP contribution in [0.5, 0.6) is 0 Å². The maximum atomic E-state index is 12.7. The summed E-state index contributed by atoms with van der Waals surface area (Å²) in [5.74, 6) is 1.68. The maximum Gasteiger partial charge on any atom is 0.264 e. The molecule has 0 bridgehead atoms. The molecule has 0 spiro atoms. The standard InChI is InChI=1S/C16H21N3O2S/c1-3-11(2)14-17-15(21-18-14)12-7-4-5-9-19(12)16(20)13-8-6-10-22-13/h6,8,10-12H,3-5,7,9H2,1-2H3/t11-,12-/m1/s1. The quantitative estimate of drug-likeness (QED) is 0.854. The van der Waals surface area contributed by atoms with Crippen LogP contribution in [0.2, 0.25) is 0 Å². The summed E-state index contributed by atoms with van der Waals surface area (Å²) in [5.41, 5.74) is 0. The minimum absolute atomic E-state index is 0.0722. The number of nitrogens with zero attached hydrogens (tertiary/aromatic N) is 3. The molecule has 1 aliphatic heterocycles. The first kappa shape index (κ1) is 15.2. The first-order chi connectivity index (χ1) is 10.7. The summed E-state index contributed by atoms with van der Waals surface area (Å²) < 4.78 is 5.47. The average Bonchev–Trinajstić information content (AvgIpc) is 3.25. The molecule has 1 saturated heterocycles. The lowest BCUT2D eigenvalue weighted by Gasteiger charge is -2.33. The van der Waals surface area contributed by atoms with Crippen molar-refractivity contribution in [2.75, 3.05) is 6.54 Å². The molecule has 2 aromatic rings. The Hall–Kier alpha value is -1.69. The number of carbonyl (C=O) groups is 1. The molecule has 2 atom stereocenters. The van der Waals surface area contributed by atoms with E-state index in [0.717, 1.165) is 42.9 Å². The zero-order chi connectivity index (χ0) is 15.5. The maximum absolute atomic E-state index is 12.7. The Bertz CT molecular complexity index is 623. The van der Waals surface area contributed by atoms with Crippen molar-refractivity contribution >= 4 is 17.2 Å². The van der Waals surface area contributed by atoms with Crippen LogP contribution in [0.25, 0.3) is 0 Å². The number of amides is 1. The first-order valence-corrected chi connectivity index (χ1v) is 8.76. The van der Waals surface area contributed by atoms with Crippen molar-refractivity contribution in [3.05, 3.63) is 34.1 Å². The second-order valence-corrected chi connectivity index (χ2v) is 6.74. The van der Waals surface area contributed by atoms with Crippen molar-refractivity contribution in [2.45, 2.75) is 51.5 Å². The van der Waals surface area contributed by atoms with Gasteiger partial charge in [-0.15, -0.1) is 11.3 Å². The van der Waals surface area contributed by atoms with Gasteiger partial charge in [-0.2, -0.15) is 4.98 Å². The summed E-state index contributed by atoms with van der Waals surface area (Å²) in [4.78, 5) is 19.9. The largest absolute Gasteiger partial charge is 0.337 e. The van der Waals surface area contributed by atoms with Crippen LogP contribution in [-0.4, -0.2) is 27.5 Å². The molecule has 0 unspecified atom stereocenters. The Labute approximate surface area is 134 Å². The van der Waals surface area contributed by atoms with Crippen molar-refractivity contribution in [3.8, 4) is 0 Å². The lowest BCUT2D eigenvalue weighted by atomic mass is 10.0. The van der Waals surface area contributed by atoms with Crippen molar-refractivity contribution in [3.63, 3.8) is 0 Å². The van der Waals surface area contributed by atoms with Crippen molar-refractivity contribution in [2.24, 2.45) is 0 Å². The van der Waals surface area contributed by atoms with Gasteiger partial charge >= 0.3 is 0 Å². The SMILES string of the molecule is CC[C@@H](C)c1noc([C@H]2CCCCN2C(=O)c2cccs2)n1. The van der Waals surface area contributed by atoms with Gasteiger partial charge in [0, 0.05) is 12.5 Å². The lowest BCUT2D eigenvalue weighted by molar-refractivity contribution is 0.0566. The summed E-state index contributed by atoms with van der Waals surface area (Å²) in [7, 11) is 0. The number of hydrogen-bond acceptors (Lipinski definition) is 5. The molecule has 6 heteroatoms. The van der Waals surface area contributed by atoms with E-state index in [-0.39, 0.29) is 17.9 Å². The van der Waals surface area contributed by atoms with Gasteiger partial charge in [0.05, 0.1) is 4.88 Å². The Morgan fingerprint density at radius 2 is 2.41 bits per heavy atom. The van der Waals surface area contributed by atoms with Gasteiger partial charge in [-0.25, -0.2) is 0 Å². The second-order valence-electron chi connectivity index (χ2n) is 5.79. The fourth-order valence-electron chi connectivity index (χ4n) is 2.74. The van der Waals surface area contributed by atoms with E-state index in [9.17, 15) is 4.79 Å². The molecule has 0 saturated carbocycles. The highest BCUT2D eigenvalue weighted by molar-refractivity contribution is 7.12. The molecule has 0 radical (unpaired) electrons. The molecule has 1 fully saturated rings. The number of thiophene rings is 1. The predicted octanol–water partition coefficient (Wildman–Crippen LogP) is 4.01. The van der Waals surface area contributed by atoms with Gasteiger partial charge in [0.1, 0.15) is 6.04 Å². The van der Waals surface area contributed by atoms with Gasteiger partial charge in [0.2, 0.25) is 5.89 Å². The van der Waals surface area contributed by atoms with Crippen LogP contribution < -0.4 is 0 Å². The van der Waals surface area contributed by atoms with Gasteiger partial charge < -0.3 is 9.42 Å². The molecule has 0 aromatic carbocycles. The number of rotatable bonds is 4. The number of piperidine rings is 1. The van der Waals surface area contributed by atoms with Crippen LogP contribution in [-0.2, 0) is 0 Å². The number of likely N-dealkylation sites (tertiary alicyclic amines) is 1. The molecule has 22 heavy (non-hydrogen) atoms.